The van der Waals surface area contributed by atoms with Crippen LogP contribution in [0, 0.1) is 20.8 Å². The molecule has 2 rings (SSSR count). The molecule has 2 aromatic rings. The van der Waals surface area contributed by atoms with E-state index in [2.05, 4.69) is 26.0 Å². The van der Waals surface area contributed by atoms with Gasteiger partial charge in [0.1, 0.15) is 12.4 Å². The SMILES string of the molecule is Cc1cc(B(O)O)ccc1OCc1c(C)cccc1C. The lowest BCUT2D eigenvalue weighted by atomic mass is 9.79. The summed E-state index contributed by atoms with van der Waals surface area (Å²) in [6.07, 6.45) is 0. The Morgan fingerprint density at radius 3 is 2.15 bits per heavy atom. The number of hydrogen-bond acceptors (Lipinski definition) is 3. The maximum absolute atomic E-state index is 9.13. The van der Waals surface area contributed by atoms with Crippen molar-refractivity contribution in [1.29, 1.82) is 0 Å². The molecule has 0 aromatic heterocycles. The van der Waals surface area contributed by atoms with Gasteiger partial charge in [-0.05, 0) is 54.6 Å². The Labute approximate surface area is 120 Å². The number of hydrogen-bond donors (Lipinski definition) is 2. The Hall–Kier alpha value is -1.78. The second-order valence-corrected chi connectivity index (χ2v) is 5.06. The molecule has 0 fully saturated rings. The number of aryl methyl sites for hydroxylation is 3. The molecule has 0 radical (unpaired) electrons. The first-order valence-corrected chi connectivity index (χ1v) is 6.63. The van der Waals surface area contributed by atoms with E-state index in [0.717, 1.165) is 11.3 Å². The minimum Gasteiger partial charge on any atom is -0.489 e. The number of ether oxygens (including phenoxy) is 1. The van der Waals surface area contributed by atoms with Gasteiger partial charge in [-0.15, -0.1) is 0 Å². The molecule has 0 amide bonds. The fourth-order valence-corrected chi connectivity index (χ4v) is 2.22. The van der Waals surface area contributed by atoms with Crippen LogP contribution in [0.25, 0.3) is 0 Å². The second-order valence-electron chi connectivity index (χ2n) is 5.06. The average molecular weight is 270 g/mol. The summed E-state index contributed by atoms with van der Waals surface area (Å²) in [6, 6.07) is 11.4. The molecule has 0 saturated heterocycles. The third-order valence-electron chi connectivity index (χ3n) is 3.51. The molecule has 3 nitrogen and oxygen atoms in total. The summed E-state index contributed by atoms with van der Waals surface area (Å²) in [7, 11) is -1.44. The molecule has 20 heavy (non-hydrogen) atoms. The van der Waals surface area contributed by atoms with E-state index in [1.807, 2.05) is 13.0 Å². The lowest BCUT2D eigenvalue weighted by Gasteiger charge is -2.13. The van der Waals surface area contributed by atoms with E-state index in [4.69, 9.17) is 14.8 Å². The lowest BCUT2D eigenvalue weighted by Crippen LogP contribution is -2.29. The Morgan fingerprint density at radius 1 is 0.950 bits per heavy atom. The smallest absolute Gasteiger partial charge is 0.488 e. The molecule has 0 bridgehead atoms. The molecule has 2 aromatic carbocycles. The molecule has 0 heterocycles. The van der Waals surface area contributed by atoms with Gasteiger partial charge in [-0.1, -0.05) is 30.3 Å². The van der Waals surface area contributed by atoms with Gasteiger partial charge in [0.25, 0.3) is 0 Å². The first kappa shape index (κ1) is 14.6. The highest BCUT2D eigenvalue weighted by Crippen LogP contribution is 2.20. The highest BCUT2D eigenvalue weighted by molar-refractivity contribution is 6.58. The zero-order valence-electron chi connectivity index (χ0n) is 12.1. The van der Waals surface area contributed by atoms with E-state index < -0.39 is 7.12 Å². The monoisotopic (exact) mass is 270 g/mol. The van der Waals surface area contributed by atoms with Crippen molar-refractivity contribution in [3.05, 3.63) is 58.7 Å². The minimum atomic E-state index is -1.44. The molecule has 0 aliphatic rings. The minimum absolute atomic E-state index is 0.474. The Kier molecular flexibility index (Phi) is 4.48. The van der Waals surface area contributed by atoms with Gasteiger partial charge in [-0.25, -0.2) is 0 Å². The van der Waals surface area contributed by atoms with Crippen molar-refractivity contribution in [3.8, 4) is 5.75 Å². The molecular formula is C16H19BO3. The van der Waals surface area contributed by atoms with Crippen LogP contribution in [0.5, 0.6) is 5.75 Å². The van der Waals surface area contributed by atoms with Crippen LogP contribution in [0.3, 0.4) is 0 Å². The molecule has 0 aliphatic carbocycles. The fraction of sp³-hybridized carbons (Fsp3) is 0.250. The maximum Gasteiger partial charge on any atom is 0.488 e. The summed E-state index contributed by atoms with van der Waals surface area (Å²) in [6.45, 7) is 6.56. The summed E-state index contributed by atoms with van der Waals surface area (Å²) in [5.74, 6) is 0.761. The largest absolute Gasteiger partial charge is 0.489 e. The van der Waals surface area contributed by atoms with Gasteiger partial charge in [0.05, 0.1) is 0 Å². The van der Waals surface area contributed by atoms with Crippen molar-refractivity contribution in [2.75, 3.05) is 0 Å². The van der Waals surface area contributed by atoms with Crippen molar-refractivity contribution in [1.82, 2.24) is 0 Å². The molecule has 0 spiro atoms. The van der Waals surface area contributed by atoms with Gasteiger partial charge in [-0.3, -0.25) is 0 Å². The van der Waals surface area contributed by atoms with E-state index >= 15 is 0 Å². The third-order valence-corrected chi connectivity index (χ3v) is 3.51. The topological polar surface area (TPSA) is 49.7 Å². The molecule has 2 N–H and O–H groups in total. The summed E-state index contributed by atoms with van der Waals surface area (Å²) in [5, 5.41) is 18.3. The molecule has 4 heteroatoms. The van der Waals surface area contributed by atoms with E-state index in [-0.39, 0.29) is 0 Å². The Bertz CT molecular complexity index is 588. The molecule has 0 unspecified atom stereocenters. The second kappa shape index (κ2) is 6.12. The normalized spacial score (nSPS) is 10.4. The first-order chi connectivity index (χ1) is 9.49. The molecule has 0 atom stereocenters. The number of benzene rings is 2. The van der Waals surface area contributed by atoms with Crippen LogP contribution in [0.1, 0.15) is 22.3 Å². The van der Waals surface area contributed by atoms with Crippen LogP contribution in [0.2, 0.25) is 0 Å². The van der Waals surface area contributed by atoms with E-state index in [1.165, 1.54) is 16.7 Å². The number of rotatable bonds is 4. The van der Waals surface area contributed by atoms with Crippen LogP contribution in [-0.4, -0.2) is 17.2 Å². The standard InChI is InChI=1S/C16H19BO3/c1-11-5-4-6-12(2)15(11)10-20-16-8-7-14(17(18)19)9-13(16)3/h4-9,18-19H,10H2,1-3H3. The third kappa shape index (κ3) is 3.21. The summed E-state index contributed by atoms with van der Waals surface area (Å²) < 4.78 is 5.86. The summed E-state index contributed by atoms with van der Waals surface area (Å²) in [4.78, 5) is 0. The van der Waals surface area contributed by atoms with Gasteiger partial charge in [0, 0.05) is 0 Å². The van der Waals surface area contributed by atoms with Crippen molar-refractivity contribution in [3.63, 3.8) is 0 Å². The van der Waals surface area contributed by atoms with Gasteiger partial charge in [0.15, 0.2) is 0 Å². The Morgan fingerprint density at radius 2 is 1.60 bits per heavy atom. The van der Waals surface area contributed by atoms with Crippen molar-refractivity contribution >= 4 is 12.6 Å². The highest BCUT2D eigenvalue weighted by atomic mass is 16.5. The van der Waals surface area contributed by atoms with Crippen LogP contribution in [0.4, 0.5) is 0 Å². The Balaban J connectivity index is 2.15. The highest BCUT2D eigenvalue weighted by Gasteiger charge is 2.12. The van der Waals surface area contributed by atoms with Gasteiger partial charge in [-0.2, -0.15) is 0 Å². The predicted molar refractivity (Wildman–Crippen MR) is 81.3 cm³/mol. The first-order valence-electron chi connectivity index (χ1n) is 6.63. The maximum atomic E-state index is 9.13. The quantitative estimate of drug-likeness (QED) is 0.834. The van der Waals surface area contributed by atoms with Crippen LogP contribution < -0.4 is 10.2 Å². The van der Waals surface area contributed by atoms with Crippen LogP contribution in [0.15, 0.2) is 36.4 Å². The molecular weight excluding hydrogens is 251 g/mol. The van der Waals surface area contributed by atoms with Crippen molar-refractivity contribution < 1.29 is 14.8 Å². The molecule has 104 valence electrons. The van der Waals surface area contributed by atoms with E-state index in [1.54, 1.807) is 18.2 Å². The van der Waals surface area contributed by atoms with Crippen LogP contribution >= 0.6 is 0 Å². The fourth-order valence-electron chi connectivity index (χ4n) is 2.22. The summed E-state index contributed by atoms with van der Waals surface area (Å²) >= 11 is 0. The van der Waals surface area contributed by atoms with E-state index in [0.29, 0.717) is 12.1 Å². The van der Waals surface area contributed by atoms with Crippen LogP contribution in [-0.2, 0) is 6.61 Å². The molecule has 0 saturated carbocycles. The average Bonchev–Trinajstić information content (AvgIpc) is 2.39. The summed E-state index contributed by atoms with van der Waals surface area (Å²) in [5.41, 5.74) is 4.98. The van der Waals surface area contributed by atoms with Gasteiger partial charge >= 0.3 is 7.12 Å². The predicted octanol–water partition coefficient (Wildman–Crippen LogP) is 1.87. The van der Waals surface area contributed by atoms with Gasteiger partial charge in [0.2, 0.25) is 0 Å². The zero-order valence-corrected chi connectivity index (χ0v) is 12.1. The van der Waals surface area contributed by atoms with Gasteiger partial charge < -0.3 is 14.8 Å². The zero-order chi connectivity index (χ0) is 14.7. The lowest BCUT2D eigenvalue weighted by molar-refractivity contribution is 0.302. The van der Waals surface area contributed by atoms with Crippen molar-refractivity contribution in [2.45, 2.75) is 27.4 Å². The molecule has 0 aliphatic heterocycles. The van der Waals surface area contributed by atoms with E-state index in [9.17, 15) is 0 Å². The van der Waals surface area contributed by atoms with Crippen molar-refractivity contribution in [2.24, 2.45) is 0 Å².